The van der Waals surface area contributed by atoms with Crippen molar-refractivity contribution in [2.24, 2.45) is 0 Å². The molecule has 0 aliphatic carbocycles. The number of hydrogen-bond acceptors (Lipinski definition) is 5. The van der Waals surface area contributed by atoms with Crippen LogP contribution in [0.1, 0.15) is 27.0 Å². The number of ketones is 1. The van der Waals surface area contributed by atoms with Crippen LogP contribution in [0.15, 0.2) is 22.8 Å². The fraction of sp³-hybridized carbons (Fsp3) is 0.294. The van der Waals surface area contributed by atoms with Crippen molar-refractivity contribution < 1.29 is 32.2 Å². The summed E-state index contributed by atoms with van der Waals surface area (Å²) in [6.45, 7) is 1.58. The molecule has 0 atom stereocenters. The maximum absolute atomic E-state index is 13.6. The highest BCUT2D eigenvalue weighted by Crippen LogP contribution is 2.41. The molecule has 0 amide bonds. The fourth-order valence-corrected chi connectivity index (χ4v) is 3.00. The van der Waals surface area contributed by atoms with Crippen LogP contribution in [0.2, 0.25) is 0 Å². The molecule has 1 aromatic heterocycles. The van der Waals surface area contributed by atoms with Crippen LogP contribution in [0, 0.1) is 6.92 Å². The molecule has 0 spiro atoms. The molecular weight excluding hydrogens is 419 g/mol. The summed E-state index contributed by atoms with van der Waals surface area (Å²) in [6, 6.07) is 2.84. The van der Waals surface area contributed by atoms with Crippen molar-refractivity contribution in [3.63, 3.8) is 0 Å². The molecule has 140 valence electrons. The average Bonchev–Trinajstić information content (AvgIpc) is 2.59. The van der Waals surface area contributed by atoms with Crippen LogP contribution in [0.4, 0.5) is 13.2 Å². The maximum atomic E-state index is 13.6. The smallest absolute Gasteiger partial charge is 0.418 e. The van der Waals surface area contributed by atoms with Crippen LogP contribution in [0.5, 0.6) is 17.4 Å². The van der Waals surface area contributed by atoms with E-state index in [1.165, 1.54) is 26.4 Å². The summed E-state index contributed by atoms with van der Waals surface area (Å²) in [4.78, 5) is 16.8. The SMILES string of the molecule is COc1cc(C)c(C(=O)c2c(OC)ncc(Br)c2C(F)(F)F)cc1OC. The highest BCUT2D eigenvalue weighted by Gasteiger charge is 2.40. The van der Waals surface area contributed by atoms with Gasteiger partial charge in [-0.25, -0.2) is 4.98 Å². The lowest BCUT2D eigenvalue weighted by Crippen LogP contribution is -2.18. The molecule has 26 heavy (non-hydrogen) atoms. The Kier molecular flexibility index (Phi) is 5.80. The quantitative estimate of drug-likeness (QED) is 0.652. The summed E-state index contributed by atoms with van der Waals surface area (Å²) in [5.74, 6) is -0.727. The fourth-order valence-electron chi connectivity index (χ4n) is 2.47. The number of pyridine rings is 1. The van der Waals surface area contributed by atoms with Gasteiger partial charge >= 0.3 is 6.18 Å². The van der Waals surface area contributed by atoms with E-state index in [2.05, 4.69) is 20.9 Å². The molecule has 2 rings (SSSR count). The van der Waals surface area contributed by atoms with E-state index in [1.54, 1.807) is 6.92 Å². The van der Waals surface area contributed by atoms with Crippen molar-refractivity contribution in [1.29, 1.82) is 0 Å². The van der Waals surface area contributed by atoms with E-state index in [9.17, 15) is 18.0 Å². The average molecular weight is 434 g/mol. The van der Waals surface area contributed by atoms with Gasteiger partial charge in [-0.1, -0.05) is 0 Å². The second-order valence-electron chi connectivity index (χ2n) is 5.21. The molecule has 5 nitrogen and oxygen atoms in total. The molecule has 0 saturated heterocycles. The molecule has 0 radical (unpaired) electrons. The van der Waals surface area contributed by atoms with Crippen molar-refractivity contribution in [3.8, 4) is 17.4 Å². The van der Waals surface area contributed by atoms with E-state index >= 15 is 0 Å². The Morgan fingerprint density at radius 2 is 1.65 bits per heavy atom. The summed E-state index contributed by atoms with van der Waals surface area (Å²) in [6.07, 6.45) is -3.84. The number of rotatable bonds is 5. The topological polar surface area (TPSA) is 57.7 Å². The van der Waals surface area contributed by atoms with Crippen molar-refractivity contribution in [3.05, 3.63) is 45.1 Å². The molecule has 0 aliphatic rings. The molecule has 0 N–H and O–H groups in total. The molecule has 1 heterocycles. The number of methoxy groups -OCH3 is 3. The van der Waals surface area contributed by atoms with Gasteiger partial charge in [0.15, 0.2) is 17.3 Å². The van der Waals surface area contributed by atoms with Crippen molar-refractivity contribution in [2.75, 3.05) is 21.3 Å². The number of aromatic nitrogens is 1. The first kappa shape index (κ1) is 20.0. The third kappa shape index (κ3) is 3.62. The summed E-state index contributed by atoms with van der Waals surface area (Å²) < 4.78 is 55.5. The molecule has 1 aromatic carbocycles. The standard InChI is InChI=1S/C17H15BrF3NO4/c1-8-5-11(24-2)12(25-3)6-9(8)15(23)13-14(17(19,20)21)10(18)7-22-16(13)26-4/h5-7H,1-4H3. The van der Waals surface area contributed by atoms with Gasteiger partial charge in [0.1, 0.15) is 0 Å². The first-order valence-electron chi connectivity index (χ1n) is 7.22. The summed E-state index contributed by atoms with van der Waals surface area (Å²) >= 11 is 2.82. The highest BCUT2D eigenvalue weighted by atomic mass is 79.9. The monoisotopic (exact) mass is 433 g/mol. The van der Waals surface area contributed by atoms with Gasteiger partial charge in [-0.3, -0.25) is 4.79 Å². The van der Waals surface area contributed by atoms with E-state index in [0.29, 0.717) is 11.3 Å². The first-order chi connectivity index (χ1) is 12.1. The Morgan fingerprint density at radius 3 is 2.15 bits per heavy atom. The van der Waals surface area contributed by atoms with Crippen molar-refractivity contribution in [2.45, 2.75) is 13.1 Å². The Bertz CT molecular complexity index is 853. The van der Waals surface area contributed by atoms with Gasteiger partial charge in [0.05, 0.1) is 32.5 Å². The van der Waals surface area contributed by atoms with Gasteiger partial charge in [-0.15, -0.1) is 0 Å². The second-order valence-corrected chi connectivity index (χ2v) is 6.07. The molecule has 0 fully saturated rings. The molecule has 0 bridgehead atoms. The minimum Gasteiger partial charge on any atom is -0.493 e. The van der Waals surface area contributed by atoms with Crippen molar-refractivity contribution >= 4 is 21.7 Å². The molecular formula is C17H15BrF3NO4. The normalized spacial score (nSPS) is 11.2. The third-order valence-electron chi connectivity index (χ3n) is 3.68. The first-order valence-corrected chi connectivity index (χ1v) is 8.02. The largest absolute Gasteiger partial charge is 0.493 e. The molecule has 0 aliphatic heterocycles. The Labute approximate surface area is 156 Å². The maximum Gasteiger partial charge on any atom is 0.418 e. The number of alkyl halides is 3. The lowest BCUT2D eigenvalue weighted by molar-refractivity contribution is -0.138. The Balaban J connectivity index is 2.77. The zero-order valence-corrected chi connectivity index (χ0v) is 15.9. The van der Waals surface area contributed by atoms with Crippen LogP contribution in [0.25, 0.3) is 0 Å². The predicted octanol–water partition coefficient (Wildman–Crippen LogP) is 4.43. The number of halogens is 4. The third-order valence-corrected chi connectivity index (χ3v) is 4.28. The van der Waals surface area contributed by atoms with E-state index in [-0.39, 0.29) is 15.8 Å². The van der Waals surface area contributed by atoms with Gasteiger partial charge in [0.2, 0.25) is 5.88 Å². The number of carbonyl (C=O) groups is 1. The van der Waals surface area contributed by atoms with E-state index in [4.69, 9.17) is 14.2 Å². The highest BCUT2D eigenvalue weighted by molar-refractivity contribution is 9.10. The van der Waals surface area contributed by atoms with Gasteiger partial charge in [0.25, 0.3) is 0 Å². The molecule has 0 saturated carbocycles. The number of hydrogen-bond donors (Lipinski definition) is 0. The lowest BCUT2D eigenvalue weighted by Gasteiger charge is -2.18. The second kappa shape index (κ2) is 7.53. The molecule has 2 aromatic rings. The minimum atomic E-state index is -4.79. The minimum absolute atomic E-state index is 0.0198. The van der Waals surface area contributed by atoms with Crippen LogP contribution in [-0.2, 0) is 6.18 Å². The number of benzene rings is 1. The summed E-state index contributed by atoms with van der Waals surface area (Å²) in [7, 11) is 3.93. The number of carbonyl (C=O) groups excluding carboxylic acids is 1. The summed E-state index contributed by atoms with van der Waals surface area (Å²) in [5, 5.41) is 0. The predicted molar refractivity (Wildman–Crippen MR) is 91.2 cm³/mol. The molecule has 9 heteroatoms. The van der Waals surface area contributed by atoms with Crippen LogP contribution in [0.3, 0.4) is 0 Å². The van der Waals surface area contributed by atoms with E-state index in [0.717, 1.165) is 13.3 Å². The van der Waals surface area contributed by atoms with Gasteiger partial charge in [0, 0.05) is 16.2 Å². The van der Waals surface area contributed by atoms with Crippen LogP contribution in [-0.4, -0.2) is 32.1 Å². The zero-order chi connectivity index (χ0) is 19.6. The van der Waals surface area contributed by atoms with E-state index < -0.39 is 29.0 Å². The van der Waals surface area contributed by atoms with Crippen LogP contribution >= 0.6 is 15.9 Å². The lowest BCUT2D eigenvalue weighted by atomic mass is 9.95. The van der Waals surface area contributed by atoms with Gasteiger partial charge in [-0.2, -0.15) is 13.2 Å². The van der Waals surface area contributed by atoms with Gasteiger partial charge in [-0.05, 0) is 40.5 Å². The number of aryl methyl sites for hydroxylation is 1. The molecule has 0 unspecified atom stereocenters. The Morgan fingerprint density at radius 1 is 1.08 bits per heavy atom. The van der Waals surface area contributed by atoms with Crippen LogP contribution < -0.4 is 14.2 Å². The number of nitrogens with zero attached hydrogens (tertiary/aromatic N) is 1. The zero-order valence-electron chi connectivity index (χ0n) is 14.3. The number of ether oxygens (including phenoxy) is 3. The Hall–Kier alpha value is -2.29. The van der Waals surface area contributed by atoms with Gasteiger partial charge < -0.3 is 14.2 Å². The van der Waals surface area contributed by atoms with Crippen molar-refractivity contribution in [1.82, 2.24) is 4.98 Å². The van der Waals surface area contributed by atoms with E-state index in [1.807, 2.05) is 0 Å². The summed E-state index contributed by atoms with van der Waals surface area (Å²) in [5.41, 5.74) is -1.39.